The summed E-state index contributed by atoms with van der Waals surface area (Å²) in [6, 6.07) is 12.7. The van der Waals surface area contributed by atoms with E-state index in [1.54, 1.807) is 30.0 Å². The first-order chi connectivity index (χ1) is 15.5. The molecule has 156 valence electrons. The molecule has 1 aromatic carbocycles. The molecule has 2 N–H and O–H groups in total. The molecule has 0 saturated carbocycles. The molecule has 9 heteroatoms. The molecule has 0 bridgehead atoms. The number of carbonyl (C=O) groups is 2. The van der Waals surface area contributed by atoms with Crippen LogP contribution >= 0.6 is 0 Å². The average Bonchev–Trinajstić information content (AvgIpc) is 3.26. The van der Waals surface area contributed by atoms with E-state index in [0.717, 1.165) is 21.9 Å². The van der Waals surface area contributed by atoms with Crippen LogP contribution in [0.2, 0.25) is 0 Å². The number of rotatable bonds is 4. The van der Waals surface area contributed by atoms with Crippen molar-refractivity contribution >= 4 is 28.3 Å². The standard InChI is InChI=1S/C23H16N6O3/c1-24-22(30)17-12-27-29-8-7-18(28-21(17)29)15-4-2-3-13-9-20(26-11-16(13)15)14-5-6-19(23(31)32)25-10-14/h2-12H,1H3,(H,24,30)(H,31,32). The van der Waals surface area contributed by atoms with E-state index in [4.69, 9.17) is 5.11 Å². The normalized spacial score (nSPS) is 11.0. The van der Waals surface area contributed by atoms with Crippen LogP contribution in [0.1, 0.15) is 20.8 Å². The maximum absolute atomic E-state index is 12.1. The Morgan fingerprint density at radius 3 is 2.62 bits per heavy atom. The Morgan fingerprint density at radius 2 is 1.88 bits per heavy atom. The highest BCUT2D eigenvalue weighted by molar-refractivity contribution is 6.00. The summed E-state index contributed by atoms with van der Waals surface area (Å²) in [5.41, 5.74) is 3.80. The highest BCUT2D eigenvalue weighted by Crippen LogP contribution is 2.30. The smallest absolute Gasteiger partial charge is 0.354 e. The van der Waals surface area contributed by atoms with Gasteiger partial charge in [0.15, 0.2) is 5.65 Å². The van der Waals surface area contributed by atoms with Gasteiger partial charge in [0, 0.05) is 42.2 Å². The molecule has 0 aliphatic heterocycles. The minimum atomic E-state index is -1.07. The molecule has 5 rings (SSSR count). The lowest BCUT2D eigenvalue weighted by molar-refractivity contribution is 0.0690. The quantitative estimate of drug-likeness (QED) is 0.455. The van der Waals surface area contributed by atoms with Gasteiger partial charge in [-0.05, 0) is 29.7 Å². The number of pyridine rings is 2. The monoisotopic (exact) mass is 424 g/mol. The molecule has 0 unspecified atom stereocenters. The minimum Gasteiger partial charge on any atom is -0.477 e. The Balaban J connectivity index is 1.60. The van der Waals surface area contributed by atoms with Crippen LogP contribution in [-0.4, -0.2) is 48.6 Å². The SMILES string of the molecule is CNC(=O)c1cnn2ccc(-c3cccc4cc(-c5ccc(C(=O)O)nc5)ncc34)nc12. The lowest BCUT2D eigenvalue weighted by atomic mass is 10.0. The Kier molecular flexibility index (Phi) is 4.55. The van der Waals surface area contributed by atoms with E-state index in [1.165, 1.54) is 18.5 Å². The molecule has 4 aromatic heterocycles. The second kappa shape index (κ2) is 7.55. The number of hydrogen-bond acceptors (Lipinski definition) is 6. The molecule has 0 spiro atoms. The summed E-state index contributed by atoms with van der Waals surface area (Å²) in [6.45, 7) is 0. The van der Waals surface area contributed by atoms with E-state index in [2.05, 4.69) is 25.4 Å². The van der Waals surface area contributed by atoms with E-state index < -0.39 is 5.97 Å². The fourth-order valence-corrected chi connectivity index (χ4v) is 3.54. The van der Waals surface area contributed by atoms with Crippen molar-refractivity contribution in [3.63, 3.8) is 0 Å². The van der Waals surface area contributed by atoms with Gasteiger partial charge in [-0.2, -0.15) is 5.10 Å². The summed E-state index contributed by atoms with van der Waals surface area (Å²) in [4.78, 5) is 36.3. The third-order valence-corrected chi connectivity index (χ3v) is 5.16. The number of amides is 1. The van der Waals surface area contributed by atoms with Crippen LogP contribution in [0.5, 0.6) is 0 Å². The number of carboxylic acids is 1. The summed E-state index contributed by atoms with van der Waals surface area (Å²) in [6.07, 6.45) is 6.51. The third-order valence-electron chi connectivity index (χ3n) is 5.16. The van der Waals surface area contributed by atoms with Gasteiger partial charge in [0.1, 0.15) is 11.3 Å². The van der Waals surface area contributed by atoms with Crippen LogP contribution in [0.3, 0.4) is 0 Å². The Hall–Kier alpha value is -4.66. The fraction of sp³-hybridized carbons (Fsp3) is 0.0435. The van der Waals surface area contributed by atoms with Gasteiger partial charge in [-0.3, -0.25) is 9.78 Å². The van der Waals surface area contributed by atoms with Gasteiger partial charge >= 0.3 is 5.97 Å². The number of carboxylic acid groups (broad SMARTS) is 1. The molecule has 0 radical (unpaired) electrons. The van der Waals surface area contributed by atoms with Gasteiger partial charge in [-0.1, -0.05) is 18.2 Å². The van der Waals surface area contributed by atoms with Gasteiger partial charge in [0.25, 0.3) is 5.91 Å². The number of carbonyl (C=O) groups excluding carboxylic acids is 1. The number of nitrogens with zero attached hydrogens (tertiary/aromatic N) is 5. The largest absolute Gasteiger partial charge is 0.477 e. The third kappa shape index (κ3) is 3.21. The molecule has 0 saturated heterocycles. The van der Waals surface area contributed by atoms with Crippen molar-refractivity contribution in [3.8, 4) is 22.5 Å². The summed E-state index contributed by atoms with van der Waals surface area (Å²) in [5.74, 6) is -1.33. The van der Waals surface area contributed by atoms with E-state index in [9.17, 15) is 9.59 Å². The van der Waals surface area contributed by atoms with E-state index >= 15 is 0 Å². The number of fused-ring (bicyclic) bond motifs is 2. The maximum Gasteiger partial charge on any atom is 0.354 e. The molecule has 1 amide bonds. The van der Waals surface area contributed by atoms with Crippen LogP contribution in [0.4, 0.5) is 0 Å². The molecule has 0 aliphatic rings. The lowest BCUT2D eigenvalue weighted by Crippen LogP contribution is -2.17. The lowest BCUT2D eigenvalue weighted by Gasteiger charge is -2.09. The topological polar surface area (TPSA) is 122 Å². The predicted octanol–water partition coefficient (Wildman–Crippen LogP) is 3.06. The summed E-state index contributed by atoms with van der Waals surface area (Å²) < 4.78 is 1.56. The summed E-state index contributed by atoms with van der Waals surface area (Å²) >= 11 is 0. The summed E-state index contributed by atoms with van der Waals surface area (Å²) in [5, 5.41) is 17.6. The molecule has 32 heavy (non-hydrogen) atoms. The first kappa shape index (κ1) is 19.3. The van der Waals surface area contributed by atoms with Gasteiger partial charge in [0.2, 0.25) is 0 Å². The van der Waals surface area contributed by atoms with Crippen molar-refractivity contribution < 1.29 is 14.7 Å². The van der Waals surface area contributed by atoms with Gasteiger partial charge in [0.05, 0.1) is 17.6 Å². The average molecular weight is 424 g/mol. The molecular weight excluding hydrogens is 408 g/mol. The van der Waals surface area contributed by atoms with Crippen LogP contribution in [-0.2, 0) is 0 Å². The van der Waals surface area contributed by atoms with Crippen LogP contribution < -0.4 is 5.32 Å². The molecule has 0 fully saturated rings. The zero-order valence-electron chi connectivity index (χ0n) is 16.9. The number of aromatic carboxylic acids is 1. The zero-order chi connectivity index (χ0) is 22.2. The molecular formula is C23H16N6O3. The van der Waals surface area contributed by atoms with Crippen molar-refractivity contribution in [2.75, 3.05) is 7.05 Å². The van der Waals surface area contributed by atoms with Crippen LogP contribution in [0.25, 0.3) is 38.9 Å². The fourth-order valence-electron chi connectivity index (χ4n) is 3.54. The van der Waals surface area contributed by atoms with E-state index in [0.29, 0.717) is 22.6 Å². The highest BCUT2D eigenvalue weighted by atomic mass is 16.4. The van der Waals surface area contributed by atoms with Crippen molar-refractivity contribution in [2.24, 2.45) is 0 Å². The Bertz CT molecular complexity index is 1510. The minimum absolute atomic E-state index is 0.0192. The van der Waals surface area contributed by atoms with Gasteiger partial charge in [-0.25, -0.2) is 19.3 Å². The summed E-state index contributed by atoms with van der Waals surface area (Å²) in [7, 11) is 1.56. The molecule has 0 atom stereocenters. The second-order valence-electron chi connectivity index (χ2n) is 7.05. The second-order valence-corrected chi connectivity index (χ2v) is 7.05. The maximum atomic E-state index is 12.1. The zero-order valence-corrected chi connectivity index (χ0v) is 16.9. The molecule has 5 aromatic rings. The van der Waals surface area contributed by atoms with Crippen molar-refractivity contribution in [2.45, 2.75) is 0 Å². The molecule has 9 nitrogen and oxygen atoms in total. The van der Waals surface area contributed by atoms with E-state index in [1.807, 2.05) is 30.3 Å². The predicted molar refractivity (Wildman–Crippen MR) is 117 cm³/mol. The number of benzene rings is 1. The Labute approximate surface area is 181 Å². The first-order valence-electron chi connectivity index (χ1n) is 9.70. The van der Waals surface area contributed by atoms with Crippen LogP contribution in [0.15, 0.2) is 67.3 Å². The van der Waals surface area contributed by atoms with Gasteiger partial charge in [-0.15, -0.1) is 0 Å². The molecule has 0 aliphatic carbocycles. The van der Waals surface area contributed by atoms with Crippen molar-refractivity contribution in [3.05, 3.63) is 78.5 Å². The van der Waals surface area contributed by atoms with E-state index in [-0.39, 0.29) is 11.6 Å². The first-order valence-corrected chi connectivity index (χ1v) is 9.70. The number of nitrogens with one attached hydrogen (secondary N) is 1. The molecule has 4 heterocycles. The number of hydrogen-bond donors (Lipinski definition) is 2. The van der Waals surface area contributed by atoms with Gasteiger partial charge < -0.3 is 10.4 Å². The van der Waals surface area contributed by atoms with Crippen molar-refractivity contribution in [1.82, 2.24) is 29.9 Å². The highest BCUT2D eigenvalue weighted by Gasteiger charge is 2.15. The van der Waals surface area contributed by atoms with Crippen molar-refractivity contribution in [1.29, 1.82) is 0 Å². The van der Waals surface area contributed by atoms with Crippen LogP contribution in [0, 0.1) is 0 Å². The Morgan fingerprint density at radius 1 is 1.00 bits per heavy atom. The number of aromatic nitrogens is 5.